The van der Waals surface area contributed by atoms with Gasteiger partial charge >= 0.3 is 0 Å². The average Bonchev–Trinajstić information content (AvgIpc) is 3.09. The molecule has 0 saturated carbocycles. The minimum Gasteiger partial charge on any atom is -0.491 e. The first-order valence-corrected chi connectivity index (χ1v) is 8.95. The first-order valence-electron chi connectivity index (χ1n) is 8.95. The Bertz CT molecular complexity index is 536. The molecular formula is C19H31N3O3. The maximum Gasteiger partial charge on any atom is 0.193 e. The number of guanidine groups is 1. The summed E-state index contributed by atoms with van der Waals surface area (Å²) in [6.45, 7) is 7.49. The molecule has 1 unspecified atom stereocenters. The van der Waals surface area contributed by atoms with Crippen LogP contribution in [0.4, 0.5) is 0 Å². The molecule has 0 aliphatic carbocycles. The molecule has 1 atom stereocenters. The molecule has 6 heteroatoms. The second-order valence-electron chi connectivity index (χ2n) is 6.26. The molecule has 1 heterocycles. The fourth-order valence-electron chi connectivity index (χ4n) is 2.93. The van der Waals surface area contributed by atoms with Gasteiger partial charge in [-0.15, -0.1) is 0 Å². The summed E-state index contributed by atoms with van der Waals surface area (Å²) in [6.07, 6.45) is 1.13. The summed E-state index contributed by atoms with van der Waals surface area (Å²) in [5.41, 5.74) is 1.16. The van der Waals surface area contributed by atoms with Crippen molar-refractivity contribution in [1.29, 1.82) is 0 Å². The van der Waals surface area contributed by atoms with E-state index in [1.165, 1.54) is 0 Å². The molecule has 2 rings (SSSR count). The molecule has 1 saturated heterocycles. The molecule has 1 aliphatic rings. The van der Waals surface area contributed by atoms with E-state index in [4.69, 9.17) is 14.2 Å². The number of para-hydroxylation sites is 1. The summed E-state index contributed by atoms with van der Waals surface area (Å²) < 4.78 is 16.5. The van der Waals surface area contributed by atoms with E-state index in [1.807, 2.05) is 25.2 Å². The zero-order chi connectivity index (χ0) is 17.9. The van der Waals surface area contributed by atoms with Crippen molar-refractivity contribution in [2.75, 3.05) is 60.2 Å². The Morgan fingerprint density at radius 3 is 2.88 bits per heavy atom. The average molecular weight is 349 g/mol. The predicted molar refractivity (Wildman–Crippen MR) is 100 cm³/mol. The second-order valence-corrected chi connectivity index (χ2v) is 6.26. The Morgan fingerprint density at radius 1 is 1.28 bits per heavy atom. The molecule has 0 spiro atoms. The Kier molecular flexibility index (Phi) is 8.55. The van der Waals surface area contributed by atoms with E-state index in [0.29, 0.717) is 25.7 Å². The Morgan fingerprint density at radius 2 is 2.12 bits per heavy atom. The maximum absolute atomic E-state index is 5.82. The van der Waals surface area contributed by atoms with Gasteiger partial charge in [0.15, 0.2) is 5.96 Å². The summed E-state index contributed by atoms with van der Waals surface area (Å²) in [5, 5.41) is 3.39. The largest absolute Gasteiger partial charge is 0.491 e. The van der Waals surface area contributed by atoms with Crippen molar-refractivity contribution in [1.82, 2.24) is 10.2 Å². The molecule has 6 nitrogen and oxygen atoms in total. The van der Waals surface area contributed by atoms with Gasteiger partial charge in [0.05, 0.1) is 26.4 Å². The molecule has 0 amide bonds. The highest BCUT2D eigenvalue weighted by molar-refractivity contribution is 5.80. The predicted octanol–water partition coefficient (Wildman–Crippen LogP) is 1.93. The maximum atomic E-state index is 5.82. The molecule has 25 heavy (non-hydrogen) atoms. The Hall–Kier alpha value is -1.79. The van der Waals surface area contributed by atoms with Crippen LogP contribution < -0.4 is 10.1 Å². The lowest BCUT2D eigenvalue weighted by Crippen LogP contribution is -2.41. The summed E-state index contributed by atoms with van der Waals surface area (Å²) in [6, 6.07) is 8.07. The van der Waals surface area contributed by atoms with Crippen LogP contribution in [-0.4, -0.2) is 71.1 Å². The first kappa shape index (κ1) is 19.5. The van der Waals surface area contributed by atoms with E-state index in [2.05, 4.69) is 28.2 Å². The molecule has 1 N–H and O–H groups in total. The molecular weight excluding hydrogens is 318 g/mol. The van der Waals surface area contributed by atoms with Gasteiger partial charge in [0, 0.05) is 33.2 Å². The summed E-state index contributed by atoms with van der Waals surface area (Å²) in [5.74, 6) is 2.43. The van der Waals surface area contributed by atoms with Crippen LogP contribution in [0.3, 0.4) is 0 Å². The van der Waals surface area contributed by atoms with Crippen molar-refractivity contribution in [3.05, 3.63) is 29.8 Å². The van der Waals surface area contributed by atoms with Gasteiger partial charge in [-0.3, -0.25) is 4.99 Å². The van der Waals surface area contributed by atoms with Crippen molar-refractivity contribution >= 4 is 5.96 Å². The van der Waals surface area contributed by atoms with Crippen LogP contribution in [0.25, 0.3) is 0 Å². The van der Waals surface area contributed by atoms with Crippen LogP contribution >= 0.6 is 0 Å². The SMILES string of the molecule is CN=C(NCCOc1ccccc1C)N1CCC(COCCOC)C1. The van der Waals surface area contributed by atoms with Crippen molar-refractivity contribution < 1.29 is 14.2 Å². The van der Waals surface area contributed by atoms with Crippen LogP contribution in [0, 0.1) is 12.8 Å². The minimum absolute atomic E-state index is 0.554. The number of hydrogen-bond donors (Lipinski definition) is 1. The van der Waals surface area contributed by atoms with E-state index < -0.39 is 0 Å². The lowest BCUT2D eigenvalue weighted by molar-refractivity contribution is 0.0536. The topological polar surface area (TPSA) is 55.3 Å². The van der Waals surface area contributed by atoms with E-state index in [0.717, 1.165) is 49.9 Å². The number of nitrogens with one attached hydrogen (secondary N) is 1. The Balaban J connectivity index is 1.66. The highest BCUT2D eigenvalue weighted by Crippen LogP contribution is 2.17. The van der Waals surface area contributed by atoms with Crippen molar-refractivity contribution in [2.45, 2.75) is 13.3 Å². The van der Waals surface area contributed by atoms with Crippen molar-refractivity contribution in [3.63, 3.8) is 0 Å². The summed E-state index contributed by atoms with van der Waals surface area (Å²) in [7, 11) is 3.52. The first-order chi connectivity index (χ1) is 12.2. The van der Waals surface area contributed by atoms with Gasteiger partial charge in [0.2, 0.25) is 0 Å². The van der Waals surface area contributed by atoms with Crippen molar-refractivity contribution in [2.24, 2.45) is 10.9 Å². The van der Waals surface area contributed by atoms with Crippen LogP contribution in [0.2, 0.25) is 0 Å². The number of nitrogens with zero attached hydrogens (tertiary/aromatic N) is 2. The molecule has 0 radical (unpaired) electrons. The fraction of sp³-hybridized carbons (Fsp3) is 0.632. The molecule has 0 aromatic heterocycles. The monoisotopic (exact) mass is 349 g/mol. The van der Waals surface area contributed by atoms with Gasteiger partial charge in [-0.05, 0) is 25.0 Å². The highest BCUT2D eigenvalue weighted by atomic mass is 16.5. The number of rotatable bonds is 9. The van der Waals surface area contributed by atoms with Gasteiger partial charge in [0.1, 0.15) is 12.4 Å². The molecule has 1 aromatic carbocycles. The molecule has 0 bridgehead atoms. The third-order valence-electron chi connectivity index (χ3n) is 4.32. The van der Waals surface area contributed by atoms with E-state index in [-0.39, 0.29) is 0 Å². The van der Waals surface area contributed by atoms with Crippen LogP contribution in [-0.2, 0) is 9.47 Å². The number of ether oxygens (including phenoxy) is 3. The van der Waals surface area contributed by atoms with E-state index >= 15 is 0 Å². The molecule has 1 fully saturated rings. The van der Waals surface area contributed by atoms with Gasteiger partial charge in [0.25, 0.3) is 0 Å². The number of aryl methyl sites for hydroxylation is 1. The molecule has 1 aliphatic heterocycles. The van der Waals surface area contributed by atoms with E-state index in [9.17, 15) is 0 Å². The standard InChI is InChI=1S/C19H31N3O3/c1-16-6-4-5-7-18(16)25-11-9-21-19(20-2)22-10-8-17(14-22)15-24-13-12-23-3/h4-7,17H,8-15H2,1-3H3,(H,20,21). The normalized spacial score (nSPS) is 17.8. The zero-order valence-electron chi connectivity index (χ0n) is 15.7. The highest BCUT2D eigenvalue weighted by Gasteiger charge is 2.24. The van der Waals surface area contributed by atoms with Crippen LogP contribution in [0.15, 0.2) is 29.3 Å². The van der Waals surface area contributed by atoms with Crippen LogP contribution in [0.5, 0.6) is 5.75 Å². The number of benzene rings is 1. The lowest BCUT2D eigenvalue weighted by Gasteiger charge is -2.22. The van der Waals surface area contributed by atoms with Crippen molar-refractivity contribution in [3.8, 4) is 5.75 Å². The quantitative estimate of drug-likeness (QED) is 0.419. The number of aliphatic imine (C=N–C) groups is 1. The second kappa shape index (κ2) is 10.9. The van der Waals surface area contributed by atoms with Gasteiger partial charge < -0.3 is 24.4 Å². The number of methoxy groups -OCH3 is 1. The number of likely N-dealkylation sites (tertiary alicyclic amines) is 1. The fourth-order valence-corrected chi connectivity index (χ4v) is 2.93. The smallest absolute Gasteiger partial charge is 0.193 e. The van der Waals surface area contributed by atoms with Gasteiger partial charge in [-0.25, -0.2) is 0 Å². The minimum atomic E-state index is 0.554. The summed E-state index contributed by atoms with van der Waals surface area (Å²) >= 11 is 0. The molecule has 140 valence electrons. The third kappa shape index (κ3) is 6.55. The van der Waals surface area contributed by atoms with Crippen LogP contribution in [0.1, 0.15) is 12.0 Å². The van der Waals surface area contributed by atoms with Gasteiger partial charge in [-0.2, -0.15) is 0 Å². The Labute approximate surface area is 151 Å². The lowest BCUT2D eigenvalue weighted by atomic mass is 10.1. The number of hydrogen-bond acceptors (Lipinski definition) is 4. The third-order valence-corrected chi connectivity index (χ3v) is 4.32. The zero-order valence-corrected chi connectivity index (χ0v) is 15.7. The molecule has 1 aromatic rings. The van der Waals surface area contributed by atoms with Gasteiger partial charge in [-0.1, -0.05) is 18.2 Å². The van der Waals surface area contributed by atoms with E-state index in [1.54, 1.807) is 7.11 Å². The summed E-state index contributed by atoms with van der Waals surface area (Å²) in [4.78, 5) is 6.68.